The first-order chi connectivity index (χ1) is 12.2. The summed E-state index contributed by atoms with van der Waals surface area (Å²) in [6.45, 7) is 8.08. The Kier molecular flexibility index (Phi) is 6.69. The molecule has 0 spiro atoms. The van der Waals surface area contributed by atoms with E-state index in [9.17, 15) is 0 Å². The number of nitrogens with zero attached hydrogens (tertiary/aromatic N) is 3. The van der Waals surface area contributed by atoms with Gasteiger partial charge in [0.1, 0.15) is 0 Å². The van der Waals surface area contributed by atoms with E-state index in [0.29, 0.717) is 6.04 Å². The van der Waals surface area contributed by atoms with Crippen molar-refractivity contribution in [1.29, 1.82) is 0 Å². The van der Waals surface area contributed by atoms with E-state index in [1.54, 1.807) is 11.3 Å². The van der Waals surface area contributed by atoms with Gasteiger partial charge in [-0.2, -0.15) is 0 Å². The molecule has 0 saturated carbocycles. The molecule has 7 heteroatoms. The lowest BCUT2D eigenvalue weighted by Gasteiger charge is -2.33. The van der Waals surface area contributed by atoms with E-state index in [2.05, 4.69) is 51.9 Å². The van der Waals surface area contributed by atoms with Gasteiger partial charge in [0.2, 0.25) is 0 Å². The van der Waals surface area contributed by atoms with Gasteiger partial charge in [0.05, 0.1) is 10.0 Å². The molecule has 0 amide bonds. The van der Waals surface area contributed by atoms with E-state index in [-0.39, 0.29) is 0 Å². The van der Waals surface area contributed by atoms with Gasteiger partial charge in [0.25, 0.3) is 0 Å². The third-order valence-electron chi connectivity index (χ3n) is 4.26. The van der Waals surface area contributed by atoms with Crippen molar-refractivity contribution in [2.45, 2.75) is 39.2 Å². The molecule has 2 aromatic heterocycles. The predicted molar refractivity (Wildman–Crippen MR) is 109 cm³/mol. The standard InChI is InChI=1S/C18H27N5S2/c1-3-19-18(20-9-6-16-21-13-14(2)25-16)22-15-7-10-23(11-8-15)17-5-4-12-24-17/h4-5,12-13,15H,3,6-11H2,1-2H3,(H2,19,20,22). The lowest BCUT2D eigenvalue weighted by molar-refractivity contribution is 0.463. The van der Waals surface area contributed by atoms with Crippen LogP contribution in [0.4, 0.5) is 5.00 Å². The number of aryl methyl sites for hydroxylation is 1. The number of guanidine groups is 1. The number of hydrogen-bond acceptors (Lipinski definition) is 5. The molecule has 3 heterocycles. The smallest absolute Gasteiger partial charge is 0.191 e. The van der Waals surface area contributed by atoms with Crippen LogP contribution in [0.5, 0.6) is 0 Å². The first-order valence-corrected chi connectivity index (χ1v) is 10.7. The highest BCUT2D eigenvalue weighted by atomic mass is 32.1. The maximum Gasteiger partial charge on any atom is 0.191 e. The molecule has 2 N–H and O–H groups in total. The number of piperidine rings is 1. The summed E-state index contributed by atoms with van der Waals surface area (Å²) in [7, 11) is 0. The highest BCUT2D eigenvalue weighted by Gasteiger charge is 2.20. The molecule has 0 unspecified atom stereocenters. The van der Waals surface area contributed by atoms with Crippen molar-refractivity contribution in [3.05, 3.63) is 33.6 Å². The normalized spacial score (nSPS) is 16.2. The molecule has 0 aromatic carbocycles. The molecule has 0 bridgehead atoms. The minimum Gasteiger partial charge on any atom is -0.363 e. The van der Waals surface area contributed by atoms with Crippen molar-refractivity contribution in [3.63, 3.8) is 0 Å². The SMILES string of the molecule is CCNC(=NCCc1ncc(C)s1)NC1CCN(c2cccs2)CC1. The van der Waals surface area contributed by atoms with Crippen LogP contribution in [0.15, 0.2) is 28.7 Å². The Labute approximate surface area is 158 Å². The maximum atomic E-state index is 4.73. The largest absolute Gasteiger partial charge is 0.363 e. The molecule has 1 aliphatic heterocycles. The van der Waals surface area contributed by atoms with Gasteiger partial charge in [0.15, 0.2) is 5.96 Å². The van der Waals surface area contributed by atoms with Crippen molar-refractivity contribution in [2.24, 2.45) is 4.99 Å². The zero-order chi connectivity index (χ0) is 17.5. The second-order valence-electron chi connectivity index (χ2n) is 6.23. The second-order valence-corrected chi connectivity index (χ2v) is 8.48. The molecule has 1 aliphatic rings. The number of anilines is 1. The molecular weight excluding hydrogens is 350 g/mol. The van der Waals surface area contributed by atoms with Crippen molar-refractivity contribution in [1.82, 2.24) is 15.6 Å². The van der Waals surface area contributed by atoms with Gasteiger partial charge in [-0.05, 0) is 44.2 Å². The topological polar surface area (TPSA) is 52.6 Å². The molecule has 1 saturated heterocycles. The Morgan fingerprint density at radius 2 is 2.24 bits per heavy atom. The Bertz CT molecular complexity index is 657. The van der Waals surface area contributed by atoms with Gasteiger partial charge >= 0.3 is 0 Å². The van der Waals surface area contributed by atoms with Crippen LogP contribution in [-0.4, -0.2) is 43.2 Å². The van der Waals surface area contributed by atoms with Gasteiger partial charge < -0.3 is 15.5 Å². The van der Waals surface area contributed by atoms with E-state index in [4.69, 9.17) is 4.99 Å². The number of hydrogen-bond donors (Lipinski definition) is 2. The van der Waals surface area contributed by atoms with Gasteiger partial charge in [0, 0.05) is 49.7 Å². The summed E-state index contributed by atoms with van der Waals surface area (Å²) < 4.78 is 0. The zero-order valence-corrected chi connectivity index (χ0v) is 16.6. The lowest BCUT2D eigenvalue weighted by atomic mass is 10.1. The molecular formula is C18H27N5S2. The first kappa shape index (κ1) is 18.2. The van der Waals surface area contributed by atoms with Crippen LogP contribution in [0.2, 0.25) is 0 Å². The molecule has 0 atom stereocenters. The maximum absolute atomic E-state index is 4.73. The van der Waals surface area contributed by atoms with Gasteiger partial charge in [-0.3, -0.25) is 4.99 Å². The lowest BCUT2D eigenvalue weighted by Crippen LogP contribution is -2.48. The predicted octanol–water partition coefficient (Wildman–Crippen LogP) is 3.28. The molecule has 5 nitrogen and oxygen atoms in total. The Balaban J connectivity index is 1.47. The number of aliphatic imine (C=N–C) groups is 1. The fraction of sp³-hybridized carbons (Fsp3) is 0.556. The molecule has 2 aromatic rings. The van der Waals surface area contributed by atoms with Crippen molar-refractivity contribution >= 4 is 33.6 Å². The fourth-order valence-corrected chi connectivity index (χ4v) is 4.55. The number of aromatic nitrogens is 1. The highest BCUT2D eigenvalue weighted by Crippen LogP contribution is 2.24. The number of rotatable bonds is 6. The van der Waals surface area contributed by atoms with Gasteiger partial charge in [-0.1, -0.05) is 0 Å². The van der Waals surface area contributed by atoms with E-state index in [0.717, 1.165) is 51.4 Å². The molecule has 3 rings (SSSR count). The van der Waals surface area contributed by atoms with E-state index < -0.39 is 0 Å². The van der Waals surface area contributed by atoms with Crippen LogP contribution in [0.1, 0.15) is 29.7 Å². The minimum absolute atomic E-state index is 0.496. The summed E-state index contributed by atoms with van der Waals surface area (Å²) in [5, 5.41) is 11.7. The molecule has 0 aliphatic carbocycles. The number of nitrogens with one attached hydrogen (secondary N) is 2. The Morgan fingerprint density at radius 3 is 2.88 bits per heavy atom. The average Bonchev–Trinajstić information content (AvgIpc) is 3.28. The van der Waals surface area contributed by atoms with Crippen LogP contribution in [-0.2, 0) is 6.42 Å². The van der Waals surface area contributed by atoms with Crippen LogP contribution >= 0.6 is 22.7 Å². The van der Waals surface area contributed by atoms with Crippen LogP contribution < -0.4 is 15.5 Å². The third kappa shape index (κ3) is 5.44. The summed E-state index contributed by atoms with van der Waals surface area (Å²) in [5.41, 5.74) is 0. The van der Waals surface area contributed by atoms with Gasteiger partial charge in [-0.15, -0.1) is 22.7 Å². The third-order valence-corrected chi connectivity index (χ3v) is 6.16. The Hall–Kier alpha value is -1.60. The van der Waals surface area contributed by atoms with E-state index in [1.165, 1.54) is 14.9 Å². The Morgan fingerprint density at radius 1 is 1.40 bits per heavy atom. The summed E-state index contributed by atoms with van der Waals surface area (Å²) in [5.74, 6) is 0.936. The summed E-state index contributed by atoms with van der Waals surface area (Å²) in [6.07, 6.45) is 5.14. The first-order valence-electron chi connectivity index (χ1n) is 8.99. The number of thiazole rings is 1. The van der Waals surface area contributed by atoms with Crippen molar-refractivity contribution in [3.8, 4) is 0 Å². The van der Waals surface area contributed by atoms with Crippen molar-refractivity contribution < 1.29 is 0 Å². The average molecular weight is 378 g/mol. The van der Waals surface area contributed by atoms with Crippen molar-refractivity contribution in [2.75, 3.05) is 31.1 Å². The fourth-order valence-electron chi connectivity index (χ4n) is 2.99. The number of thiophene rings is 1. The van der Waals surface area contributed by atoms with E-state index in [1.807, 2.05) is 17.5 Å². The minimum atomic E-state index is 0.496. The van der Waals surface area contributed by atoms with E-state index >= 15 is 0 Å². The van der Waals surface area contributed by atoms with Crippen LogP contribution in [0.25, 0.3) is 0 Å². The second kappa shape index (κ2) is 9.20. The zero-order valence-electron chi connectivity index (χ0n) is 15.0. The summed E-state index contributed by atoms with van der Waals surface area (Å²) in [6, 6.07) is 4.84. The molecule has 25 heavy (non-hydrogen) atoms. The molecule has 0 radical (unpaired) electrons. The quantitative estimate of drug-likeness (QED) is 0.599. The monoisotopic (exact) mass is 377 g/mol. The summed E-state index contributed by atoms with van der Waals surface area (Å²) >= 11 is 3.59. The van der Waals surface area contributed by atoms with Crippen LogP contribution in [0, 0.1) is 6.92 Å². The van der Waals surface area contributed by atoms with Crippen LogP contribution in [0.3, 0.4) is 0 Å². The molecule has 136 valence electrons. The highest BCUT2D eigenvalue weighted by molar-refractivity contribution is 7.14. The van der Waals surface area contributed by atoms with Gasteiger partial charge in [-0.25, -0.2) is 4.98 Å². The summed E-state index contributed by atoms with van der Waals surface area (Å²) in [4.78, 5) is 12.9. The molecule has 1 fully saturated rings.